The number of benzene rings is 1. The van der Waals surface area contributed by atoms with Crippen molar-refractivity contribution in [3.8, 4) is 0 Å². The maximum atomic E-state index is 13.6. The number of hydrogen-bond acceptors (Lipinski definition) is 3. The molecular formula is C19H27F2NO3. The van der Waals surface area contributed by atoms with Crippen molar-refractivity contribution < 1.29 is 23.1 Å². The van der Waals surface area contributed by atoms with Gasteiger partial charge in [-0.3, -0.25) is 4.79 Å². The van der Waals surface area contributed by atoms with E-state index >= 15 is 0 Å². The third-order valence-corrected chi connectivity index (χ3v) is 4.07. The Hall–Kier alpha value is -1.98. The zero-order valence-electron chi connectivity index (χ0n) is 14.9. The maximum absolute atomic E-state index is 13.6. The van der Waals surface area contributed by atoms with E-state index in [0.717, 1.165) is 44.2 Å². The summed E-state index contributed by atoms with van der Waals surface area (Å²) in [5, 5.41) is 2.53. The summed E-state index contributed by atoms with van der Waals surface area (Å²) in [5.74, 6) is -2.71. The van der Waals surface area contributed by atoms with Crippen molar-refractivity contribution in [1.29, 1.82) is 0 Å². The Balaban J connectivity index is 2.53. The fraction of sp³-hybridized carbons (Fsp3) is 0.579. The topological polar surface area (TPSA) is 55.4 Å². The van der Waals surface area contributed by atoms with E-state index in [1.165, 1.54) is 19.6 Å². The number of carbonyl (C=O) groups excluding carboxylic acids is 2. The molecule has 0 unspecified atom stereocenters. The molecule has 0 saturated heterocycles. The van der Waals surface area contributed by atoms with Gasteiger partial charge in [0.15, 0.2) is 0 Å². The van der Waals surface area contributed by atoms with Gasteiger partial charge in [-0.15, -0.1) is 0 Å². The molecule has 0 radical (unpaired) electrons. The number of nitrogens with one attached hydrogen (secondary N) is 1. The molecule has 0 fully saturated rings. The van der Waals surface area contributed by atoms with Gasteiger partial charge in [-0.05, 0) is 18.6 Å². The molecule has 0 aromatic heterocycles. The molecule has 1 aromatic rings. The van der Waals surface area contributed by atoms with Gasteiger partial charge in [-0.1, -0.05) is 51.5 Å². The van der Waals surface area contributed by atoms with Crippen LogP contribution >= 0.6 is 0 Å². The first-order chi connectivity index (χ1) is 12.0. The Kier molecular flexibility index (Phi) is 9.73. The molecule has 0 aliphatic rings. The first-order valence-corrected chi connectivity index (χ1v) is 8.79. The molecule has 1 amide bonds. The number of esters is 1. The molecule has 25 heavy (non-hydrogen) atoms. The van der Waals surface area contributed by atoms with Gasteiger partial charge < -0.3 is 10.1 Å². The fourth-order valence-corrected chi connectivity index (χ4v) is 2.63. The van der Waals surface area contributed by atoms with Crippen LogP contribution in [0, 0.1) is 11.6 Å². The summed E-state index contributed by atoms with van der Waals surface area (Å²) in [7, 11) is 1.25. The van der Waals surface area contributed by atoms with E-state index < -0.39 is 36.0 Å². The Morgan fingerprint density at radius 3 is 2.28 bits per heavy atom. The van der Waals surface area contributed by atoms with Gasteiger partial charge in [-0.2, -0.15) is 0 Å². The zero-order valence-corrected chi connectivity index (χ0v) is 14.9. The average Bonchev–Trinajstić information content (AvgIpc) is 2.59. The second kappa shape index (κ2) is 11.6. The average molecular weight is 355 g/mol. The molecule has 0 spiro atoms. The van der Waals surface area contributed by atoms with Crippen molar-refractivity contribution in [2.24, 2.45) is 0 Å². The number of hydrogen-bond donors (Lipinski definition) is 1. The zero-order chi connectivity index (χ0) is 18.7. The van der Waals surface area contributed by atoms with Gasteiger partial charge in [0.25, 0.3) is 0 Å². The minimum absolute atomic E-state index is 0.303. The van der Waals surface area contributed by atoms with Gasteiger partial charge in [-0.25, -0.2) is 13.6 Å². The lowest BCUT2D eigenvalue weighted by Gasteiger charge is -2.16. The molecule has 1 aromatic carbocycles. The molecule has 4 nitrogen and oxygen atoms in total. The Labute approximate surface area is 147 Å². The molecule has 1 N–H and O–H groups in total. The molecule has 140 valence electrons. The van der Waals surface area contributed by atoms with Crippen molar-refractivity contribution in [2.45, 2.75) is 64.3 Å². The van der Waals surface area contributed by atoms with Gasteiger partial charge in [0, 0.05) is 5.56 Å². The Morgan fingerprint density at radius 2 is 1.68 bits per heavy atom. The summed E-state index contributed by atoms with van der Waals surface area (Å²) in [5.41, 5.74) is -0.303. The lowest BCUT2D eigenvalue weighted by atomic mass is 10.0. The van der Waals surface area contributed by atoms with E-state index in [2.05, 4.69) is 12.2 Å². The normalized spacial score (nSPS) is 11.8. The van der Waals surface area contributed by atoms with Gasteiger partial charge in [0.05, 0.1) is 13.5 Å². The van der Waals surface area contributed by atoms with E-state index in [1.807, 2.05) is 0 Å². The number of halogens is 2. The lowest BCUT2D eigenvalue weighted by molar-refractivity contribution is -0.145. The van der Waals surface area contributed by atoms with Crippen LogP contribution < -0.4 is 5.32 Å². The van der Waals surface area contributed by atoms with Crippen LogP contribution in [-0.2, 0) is 20.7 Å². The van der Waals surface area contributed by atoms with E-state index in [-0.39, 0.29) is 5.56 Å². The molecule has 0 aliphatic heterocycles. The molecule has 0 heterocycles. The molecule has 6 heteroatoms. The highest BCUT2D eigenvalue weighted by Gasteiger charge is 2.22. The SMILES string of the molecule is CCCCCCCC[C@@H](NC(=O)Cc1c(F)cccc1F)C(=O)OC. The minimum atomic E-state index is -0.793. The van der Waals surface area contributed by atoms with Gasteiger partial charge >= 0.3 is 5.97 Å². The molecule has 0 saturated carbocycles. The third-order valence-electron chi connectivity index (χ3n) is 4.07. The molecule has 1 rings (SSSR count). The first-order valence-electron chi connectivity index (χ1n) is 8.79. The monoisotopic (exact) mass is 355 g/mol. The lowest BCUT2D eigenvalue weighted by Crippen LogP contribution is -2.42. The van der Waals surface area contributed by atoms with Gasteiger partial charge in [0.2, 0.25) is 5.91 Å². The third kappa shape index (κ3) is 7.63. The summed E-state index contributed by atoms with van der Waals surface area (Å²) >= 11 is 0. The van der Waals surface area contributed by atoms with E-state index in [1.54, 1.807) is 0 Å². The quantitative estimate of drug-likeness (QED) is 0.484. The molecule has 0 aliphatic carbocycles. The summed E-state index contributed by atoms with van der Waals surface area (Å²) in [6.45, 7) is 2.14. The summed E-state index contributed by atoms with van der Waals surface area (Å²) in [4.78, 5) is 23.9. The van der Waals surface area contributed by atoms with Crippen molar-refractivity contribution in [3.63, 3.8) is 0 Å². The van der Waals surface area contributed by atoms with E-state index in [0.29, 0.717) is 6.42 Å². The van der Waals surface area contributed by atoms with Gasteiger partial charge in [0.1, 0.15) is 17.7 Å². The van der Waals surface area contributed by atoms with Crippen molar-refractivity contribution in [3.05, 3.63) is 35.4 Å². The van der Waals surface area contributed by atoms with Crippen LogP contribution in [0.15, 0.2) is 18.2 Å². The number of methoxy groups -OCH3 is 1. The second-order valence-corrected chi connectivity index (χ2v) is 6.08. The van der Waals surface area contributed by atoms with Crippen molar-refractivity contribution in [2.75, 3.05) is 7.11 Å². The number of ether oxygens (including phenoxy) is 1. The predicted molar refractivity (Wildman–Crippen MR) is 92.0 cm³/mol. The number of carbonyl (C=O) groups is 2. The summed E-state index contributed by atoms with van der Waals surface area (Å²) < 4.78 is 31.9. The molecule has 0 bridgehead atoms. The highest BCUT2D eigenvalue weighted by molar-refractivity contribution is 5.85. The predicted octanol–water partition coefficient (Wildman–Crippen LogP) is 3.92. The summed E-state index contributed by atoms with van der Waals surface area (Å²) in [6, 6.07) is 2.64. The van der Waals surface area contributed by atoms with E-state index in [4.69, 9.17) is 4.74 Å². The second-order valence-electron chi connectivity index (χ2n) is 6.08. The minimum Gasteiger partial charge on any atom is -0.467 e. The molecular weight excluding hydrogens is 328 g/mol. The van der Waals surface area contributed by atoms with Crippen LogP contribution in [0.25, 0.3) is 0 Å². The number of unbranched alkanes of at least 4 members (excludes halogenated alkanes) is 5. The maximum Gasteiger partial charge on any atom is 0.328 e. The van der Waals surface area contributed by atoms with Crippen LogP contribution in [0.2, 0.25) is 0 Å². The van der Waals surface area contributed by atoms with Crippen LogP contribution in [0.4, 0.5) is 8.78 Å². The van der Waals surface area contributed by atoms with Crippen molar-refractivity contribution >= 4 is 11.9 Å². The van der Waals surface area contributed by atoms with E-state index in [9.17, 15) is 18.4 Å². The van der Waals surface area contributed by atoms with Crippen LogP contribution in [0.5, 0.6) is 0 Å². The largest absolute Gasteiger partial charge is 0.467 e. The van der Waals surface area contributed by atoms with Crippen LogP contribution in [-0.4, -0.2) is 25.0 Å². The standard InChI is InChI=1S/C19H27F2NO3/c1-3-4-5-6-7-8-12-17(19(24)25-2)22-18(23)13-14-15(20)10-9-11-16(14)21/h9-11,17H,3-8,12-13H2,1-2H3,(H,22,23)/t17-/m1/s1. The Morgan fingerprint density at radius 1 is 1.08 bits per heavy atom. The summed E-state index contributed by atoms with van der Waals surface area (Å²) in [6.07, 6.45) is 6.31. The fourth-order valence-electron chi connectivity index (χ4n) is 2.63. The smallest absolute Gasteiger partial charge is 0.328 e. The van der Waals surface area contributed by atoms with Crippen molar-refractivity contribution in [1.82, 2.24) is 5.32 Å². The number of amides is 1. The first kappa shape index (κ1) is 21.1. The van der Waals surface area contributed by atoms with Crippen LogP contribution in [0.3, 0.4) is 0 Å². The highest BCUT2D eigenvalue weighted by Crippen LogP contribution is 2.14. The number of rotatable bonds is 11. The Bertz CT molecular complexity index is 543. The van der Waals surface area contributed by atoms with Crippen LogP contribution in [0.1, 0.15) is 57.4 Å². The molecule has 1 atom stereocenters. The highest BCUT2D eigenvalue weighted by atomic mass is 19.1.